The number of carboxylic acids is 1. The molecule has 134 valence electrons. The summed E-state index contributed by atoms with van der Waals surface area (Å²) in [6, 6.07) is 4.77. The van der Waals surface area contributed by atoms with Crippen LogP contribution in [0.5, 0.6) is 0 Å². The Bertz CT molecular complexity index is 903. The lowest BCUT2D eigenvalue weighted by Gasteiger charge is -2.27. The summed E-state index contributed by atoms with van der Waals surface area (Å²) in [6.07, 6.45) is -4.26. The van der Waals surface area contributed by atoms with E-state index in [1.54, 1.807) is 12.1 Å². The third kappa shape index (κ3) is 2.65. The Labute approximate surface area is 138 Å². The van der Waals surface area contributed by atoms with Crippen LogP contribution in [0.3, 0.4) is 0 Å². The first-order chi connectivity index (χ1) is 11.7. The molecule has 0 saturated carbocycles. The van der Waals surface area contributed by atoms with Crippen molar-refractivity contribution in [3.63, 3.8) is 0 Å². The lowest BCUT2D eigenvalue weighted by atomic mass is 9.86. The minimum atomic E-state index is -4.98. The standard InChI is InChI=1S/C14H13F3N4O4/c15-14(16,17)13(11(23)24)4-6-19(8-13)10(22)7-21-12(25)20-5-2-1-3-9(20)18-21/h1-3,5H,4,6-8H2,(H,23,24). The molecule has 3 rings (SSSR count). The average Bonchev–Trinajstić information content (AvgIpc) is 3.11. The normalized spacial score (nSPS) is 21.0. The van der Waals surface area contributed by atoms with Gasteiger partial charge < -0.3 is 10.0 Å². The van der Waals surface area contributed by atoms with Crippen LogP contribution in [0.25, 0.3) is 5.65 Å². The molecule has 2 aromatic heterocycles. The van der Waals surface area contributed by atoms with Crippen LogP contribution in [-0.2, 0) is 16.1 Å². The Morgan fingerprint density at radius 1 is 1.32 bits per heavy atom. The number of aliphatic carboxylic acids is 1. The van der Waals surface area contributed by atoms with Crippen LogP contribution in [0.4, 0.5) is 13.2 Å². The van der Waals surface area contributed by atoms with E-state index < -0.39 is 48.7 Å². The monoisotopic (exact) mass is 358 g/mol. The fraction of sp³-hybridized carbons (Fsp3) is 0.429. The molecule has 2 aromatic rings. The molecule has 0 bridgehead atoms. The van der Waals surface area contributed by atoms with Crippen LogP contribution in [0.15, 0.2) is 29.2 Å². The smallest absolute Gasteiger partial charge is 0.406 e. The average molecular weight is 358 g/mol. The number of likely N-dealkylation sites (tertiary alicyclic amines) is 1. The van der Waals surface area contributed by atoms with Crippen molar-refractivity contribution < 1.29 is 27.9 Å². The number of carboxylic acid groups (broad SMARTS) is 1. The van der Waals surface area contributed by atoms with Crippen LogP contribution < -0.4 is 5.69 Å². The predicted octanol–water partition coefficient (Wildman–Crippen LogP) is 0.362. The Hall–Kier alpha value is -2.85. The summed E-state index contributed by atoms with van der Waals surface area (Å²) in [4.78, 5) is 36.3. The lowest BCUT2D eigenvalue weighted by Crippen LogP contribution is -2.48. The van der Waals surface area contributed by atoms with E-state index in [4.69, 9.17) is 5.11 Å². The maximum Gasteiger partial charge on any atom is 0.406 e. The van der Waals surface area contributed by atoms with Gasteiger partial charge in [0.05, 0.1) is 0 Å². The molecule has 1 saturated heterocycles. The van der Waals surface area contributed by atoms with Crippen molar-refractivity contribution in [3.05, 3.63) is 34.9 Å². The van der Waals surface area contributed by atoms with Crippen molar-refractivity contribution in [2.75, 3.05) is 13.1 Å². The summed E-state index contributed by atoms with van der Waals surface area (Å²) < 4.78 is 41.5. The summed E-state index contributed by atoms with van der Waals surface area (Å²) in [5, 5.41) is 12.9. The summed E-state index contributed by atoms with van der Waals surface area (Å²) in [5.74, 6) is -2.81. The van der Waals surface area contributed by atoms with Crippen molar-refractivity contribution in [2.45, 2.75) is 19.1 Å². The van der Waals surface area contributed by atoms with E-state index in [1.807, 2.05) is 0 Å². The zero-order valence-corrected chi connectivity index (χ0v) is 12.7. The number of amides is 1. The minimum Gasteiger partial charge on any atom is -0.481 e. The molecule has 8 nitrogen and oxygen atoms in total. The van der Waals surface area contributed by atoms with E-state index in [9.17, 15) is 27.6 Å². The largest absolute Gasteiger partial charge is 0.481 e. The van der Waals surface area contributed by atoms with Crippen LogP contribution >= 0.6 is 0 Å². The van der Waals surface area contributed by atoms with Gasteiger partial charge in [-0.1, -0.05) is 6.07 Å². The highest BCUT2D eigenvalue weighted by Gasteiger charge is 2.64. The predicted molar refractivity (Wildman–Crippen MR) is 76.8 cm³/mol. The van der Waals surface area contributed by atoms with E-state index >= 15 is 0 Å². The molecule has 0 radical (unpaired) electrons. The molecule has 1 N–H and O–H groups in total. The molecule has 1 atom stereocenters. The number of pyridine rings is 1. The van der Waals surface area contributed by atoms with Crippen molar-refractivity contribution in [1.82, 2.24) is 19.1 Å². The van der Waals surface area contributed by atoms with Gasteiger partial charge in [0.25, 0.3) is 0 Å². The summed E-state index contributed by atoms with van der Waals surface area (Å²) >= 11 is 0. The molecule has 11 heteroatoms. The van der Waals surface area contributed by atoms with Gasteiger partial charge in [0.2, 0.25) is 5.91 Å². The highest BCUT2D eigenvalue weighted by molar-refractivity contribution is 5.81. The maximum atomic E-state index is 13.1. The summed E-state index contributed by atoms with van der Waals surface area (Å²) in [6.45, 7) is -1.90. The number of alkyl halides is 3. The van der Waals surface area contributed by atoms with Gasteiger partial charge in [0, 0.05) is 19.3 Å². The number of hydrogen-bond donors (Lipinski definition) is 1. The van der Waals surface area contributed by atoms with Gasteiger partial charge in [-0.15, -0.1) is 5.10 Å². The molecule has 1 unspecified atom stereocenters. The third-order valence-corrected chi connectivity index (χ3v) is 4.35. The third-order valence-electron chi connectivity index (χ3n) is 4.35. The van der Waals surface area contributed by atoms with Gasteiger partial charge in [0.15, 0.2) is 11.1 Å². The van der Waals surface area contributed by atoms with Crippen LogP contribution in [-0.4, -0.2) is 55.3 Å². The topological polar surface area (TPSA) is 96.9 Å². The maximum absolute atomic E-state index is 13.1. The second kappa shape index (κ2) is 5.60. The number of carbonyl (C=O) groups is 2. The highest BCUT2D eigenvalue weighted by atomic mass is 19.4. The number of hydrogen-bond acceptors (Lipinski definition) is 4. The van der Waals surface area contributed by atoms with Crippen molar-refractivity contribution in [2.24, 2.45) is 5.41 Å². The quantitative estimate of drug-likeness (QED) is 0.855. The van der Waals surface area contributed by atoms with Crippen molar-refractivity contribution in [3.8, 4) is 0 Å². The molecule has 0 spiro atoms. The minimum absolute atomic E-state index is 0.289. The molecular weight excluding hydrogens is 345 g/mol. The number of rotatable bonds is 3. The number of fused-ring (bicyclic) bond motifs is 1. The van der Waals surface area contributed by atoms with Crippen molar-refractivity contribution >= 4 is 17.5 Å². The Balaban J connectivity index is 1.81. The van der Waals surface area contributed by atoms with Gasteiger partial charge in [-0.2, -0.15) is 13.2 Å². The van der Waals surface area contributed by atoms with Gasteiger partial charge >= 0.3 is 17.8 Å². The second-order valence-corrected chi connectivity index (χ2v) is 5.82. The first-order valence-electron chi connectivity index (χ1n) is 7.28. The molecule has 3 heterocycles. The molecule has 1 aliphatic rings. The number of halogens is 3. The van der Waals surface area contributed by atoms with Gasteiger partial charge in [-0.3, -0.25) is 14.0 Å². The molecule has 0 aromatic carbocycles. The van der Waals surface area contributed by atoms with E-state index in [-0.39, 0.29) is 12.2 Å². The highest BCUT2D eigenvalue weighted by Crippen LogP contribution is 2.45. The lowest BCUT2D eigenvalue weighted by molar-refractivity contribution is -0.227. The van der Waals surface area contributed by atoms with Gasteiger partial charge in [0.1, 0.15) is 6.54 Å². The van der Waals surface area contributed by atoms with Crippen LogP contribution in [0.2, 0.25) is 0 Å². The van der Waals surface area contributed by atoms with E-state index in [0.717, 1.165) is 9.58 Å². The van der Waals surface area contributed by atoms with Gasteiger partial charge in [-0.25, -0.2) is 9.48 Å². The Morgan fingerprint density at radius 3 is 2.60 bits per heavy atom. The zero-order valence-electron chi connectivity index (χ0n) is 12.7. The number of aromatic nitrogens is 3. The molecule has 1 fully saturated rings. The SMILES string of the molecule is O=C(Cn1nc2ccccn2c1=O)N1CCC(C(=O)O)(C(F)(F)F)C1. The second-order valence-electron chi connectivity index (χ2n) is 5.82. The summed E-state index contributed by atoms with van der Waals surface area (Å²) in [7, 11) is 0. The first kappa shape index (κ1) is 17.0. The molecule has 1 amide bonds. The molecule has 25 heavy (non-hydrogen) atoms. The van der Waals surface area contributed by atoms with Crippen LogP contribution in [0.1, 0.15) is 6.42 Å². The Morgan fingerprint density at radius 2 is 2.04 bits per heavy atom. The van der Waals surface area contributed by atoms with E-state index in [2.05, 4.69) is 5.10 Å². The molecule has 1 aliphatic heterocycles. The number of carbonyl (C=O) groups excluding carboxylic acids is 1. The zero-order chi connectivity index (χ0) is 18.4. The fourth-order valence-electron chi connectivity index (χ4n) is 2.85. The Kier molecular flexibility index (Phi) is 3.81. The van der Waals surface area contributed by atoms with E-state index in [0.29, 0.717) is 0 Å². The summed E-state index contributed by atoms with van der Waals surface area (Å²) in [5.41, 5.74) is -3.30. The first-order valence-corrected chi connectivity index (χ1v) is 7.28. The fourth-order valence-corrected chi connectivity index (χ4v) is 2.85. The van der Waals surface area contributed by atoms with E-state index in [1.165, 1.54) is 16.7 Å². The van der Waals surface area contributed by atoms with Gasteiger partial charge in [-0.05, 0) is 18.6 Å². The molecular formula is C14H13F3N4O4. The van der Waals surface area contributed by atoms with Crippen molar-refractivity contribution in [1.29, 1.82) is 0 Å². The number of nitrogens with zero attached hydrogens (tertiary/aromatic N) is 4. The molecule has 0 aliphatic carbocycles. The van der Waals surface area contributed by atoms with Crippen LogP contribution in [0, 0.1) is 5.41 Å².